The highest BCUT2D eigenvalue weighted by molar-refractivity contribution is 5.85. The van der Waals surface area contributed by atoms with Gasteiger partial charge in [0, 0.05) is 18.1 Å². The Morgan fingerprint density at radius 1 is 1.35 bits per heavy atom. The lowest BCUT2D eigenvalue weighted by molar-refractivity contribution is -0.129. The average Bonchev–Trinajstić information content (AvgIpc) is 2.85. The van der Waals surface area contributed by atoms with E-state index in [1.165, 1.54) is 18.9 Å². The van der Waals surface area contributed by atoms with Crippen LogP contribution in [0.3, 0.4) is 0 Å². The van der Waals surface area contributed by atoms with Crippen LogP contribution >= 0.6 is 12.4 Å². The number of hydrogen-bond donors (Lipinski definition) is 2. The Labute approximate surface area is 142 Å². The van der Waals surface area contributed by atoms with Crippen LogP contribution in [0.2, 0.25) is 0 Å². The van der Waals surface area contributed by atoms with Gasteiger partial charge in [-0.3, -0.25) is 4.79 Å². The van der Waals surface area contributed by atoms with Crippen molar-refractivity contribution in [2.45, 2.75) is 63.3 Å². The summed E-state index contributed by atoms with van der Waals surface area (Å²) in [5.41, 5.74) is 0. The monoisotopic (exact) mass is 342 g/mol. The summed E-state index contributed by atoms with van der Waals surface area (Å²) < 4.78 is 19.2. The van der Waals surface area contributed by atoms with Crippen LogP contribution in [0, 0.1) is 5.82 Å². The van der Waals surface area contributed by atoms with Crippen LogP contribution < -0.4 is 15.4 Å². The maximum atomic E-state index is 13.7. The summed E-state index contributed by atoms with van der Waals surface area (Å²) in [7, 11) is 0. The molecule has 2 heterocycles. The fourth-order valence-electron chi connectivity index (χ4n) is 3.49. The lowest BCUT2D eigenvalue weighted by atomic mass is 9.99. The topological polar surface area (TPSA) is 50.4 Å². The number of para-hydroxylation sites is 1. The van der Waals surface area contributed by atoms with E-state index < -0.39 is 11.9 Å². The molecule has 0 spiro atoms. The lowest BCUT2D eigenvalue weighted by Gasteiger charge is -2.30. The van der Waals surface area contributed by atoms with Crippen LogP contribution in [0.1, 0.15) is 39.0 Å². The number of amides is 1. The first-order valence-corrected chi connectivity index (χ1v) is 8.13. The zero-order chi connectivity index (χ0) is 15.5. The molecule has 3 atom stereocenters. The fraction of sp³-hybridized carbons (Fsp3) is 0.588. The van der Waals surface area contributed by atoms with Gasteiger partial charge >= 0.3 is 0 Å². The molecule has 2 aliphatic rings. The number of nitrogens with one attached hydrogen (secondary N) is 2. The summed E-state index contributed by atoms with van der Waals surface area (Å²) in [6, 6.07) is 7.44. The number of benzene rings is 1. The maximum Gasteiger partial charge on any atom is 0.261 e. The van der Waals surface area contributed by atoms with Gasteiger partial charge in [0.15, 0.2) is 17.7 Å². The molecule has 0 aliphatic carbocycles. The number of fused-ring (bicyclic) bond motifs is 2. The van der Waals surface area contributed by atoms with Gasteiger partial charge in [-0.1, -0.05) is 19.1 Å². The highest BCUT2D eigenvalue weighted by atomic mass is 35.5. The van der Waals surface area contributed by atoms with Crippen molar-refractivity contribution in [3.63, 3.8) is 0 Å². The molecule has 2 aliphatic heterocycles. The molecule has 2 N–H and O–H groups in total. The van der Waals surface area contributed by atoms with Crippen LogP contribution in [0.25, 0.3) is 0 Å². The second-order valence-corrected chi connectivity index (χ2v) is 6.26. The molecular formula is C17H24ClFN2O2. The number of hydrogen-bond acceptors (Lipinski definition) is 3. The molecule has 0 aromatic heterocycles. The van der Waals surface area contributed by atoms with Crippen LogP contribution in [0.15, 0.2) is 24.3 Å². The molecule has 1 amide bonds. The second-order valence-electron chi connectivity index (χ2n) is 6.26. The minimum absolute atomic E-state index is 0. The molecule has 23 heavy (non-hydrogen) atoms. The Hall–Kier alpha value is -1.33. The second kappa shape index (κ2) is 7.97. The van der Waals surface area contributed by atoms with Crippen LogP contribution in [-0.4, -0.2) is 30.1 Å². The lowest BCUT2D eigenvalue weighted by Crippen LogP contribution is -2.51. The highest BCUT2D eigenvalue weighted by Crippen LogP contribution is 2.27. The molecule has 6 heteroatoms. The molecule has 128 valence electrons. The minimum Gasteiger partial charge on any atom is -0.478 e. The predicted molar refractivity (Wildman–Crippen MR) is 89.5 cm³/mol. The number of carbonyl (C=O) groups excluding carboxylic acids is 1. The third-order valence-corrected chi connectivity index (χ3v) is 4.59. The van der Waals surface area contributed by atoms with Crippen molar-refractivity contribution in [3.05, 3.63) is 30.1 Å². The van der Waals surface area contributed by atoms with Gasteiger partial charge in [-0.05, 0) is 44.2 Å². The van der Waals surface area contributed by atoms with Crippen molar-refractivity contribution in [2.24, 2.45) is 0 Å². The molecule has 0 radical (unpaired) electrons. The van der Waals surface area contributed by atoms with E-state index >= 15 is 0 Å². The zero-order valence-electron chi connectivity index (χ0n) is 13.3. The van der Waals surface area contributed by atoms with Crippen molar-refractivity contribution in [3.8, 4) is 5.75 Å². The van der Waals surface area contributed by atoms with E-state index in [1.807, 2.05) is 6.92 Å². The van der Waals surface area contributed by atoms with Gasteiger partial charge in [0.05, 0.1) is 0 Å². The molecule has 2 saturated heterocycles. The number of halogens is 2. The van der Waals surface area contributed by atoms with Crippen LogP contribution in [0.5, 0.6) is 5.75 Å². The summed E-state index contributed by atoms with van der Waals surface area (Å²) in [4.78, 5) is 12.4. The minimum atomic E-state index is -0.649. The van der Waals surface area contributed by atoms with Crippen molar-refractivity contribution in [1.29, 1.82) is 0 Å². The van der Waals surface area contributed by atoms with Gasteiger partial charge in [-0.15, -0.1) is 12.4 Å². The maximum absolute atomic E-state index is 13.7. The van der Waals surface area contributed by atoms with Gasteiger partial charge in [0.25, 0.3) is 5.91 Å². The molecule has 1 aromatic carbocycles. The predicted octanol–water partition coefficient (Wildman–Crippen LogP) is 2.80. The van der Waals surface area contributed by atoms with E-state index in [0.29, 0.717) is 18.5 Å². The molecule has 2 bridgehead atoms. The normalized spacial score (nSPS) is 27.0. The number of ether oxygens (including phenoxy) is 1. The smallest absolute Gasteiger partial charge is 0.261 e. The molecule has 0 saturated carbocycles. The number of piperidine rings is 1. The van der Waals surface area contributed by atoms with Crippen molar-refractivity contribution >= 4 is 18.3 Å². The Morgan fingerprint density at radius 3 is 2.61 bits per heavy atom. The molecular weight excluding hydrogens is 319 g/mol. The van der Waals surface area contributed by atoms with Crippen LogP contribution in [-0.2, 0) is 4.79 Å². The van der Waals surface area contributed by atoms with Gasteiger partial charge < -0.3 is 15.4 Å². The van der Waals surface area contributed by atoms with Crippen molar-refractivity contribution < 1.29 is 13.9 Å². The fourth-order valence-corrected chi connectivity index (χ4v) is 3.49. The Bertz CT molecular complexity index is 531. The Kier molecular flexibility index (Phi) is 6.25. The summed E-state index contributed by atoms with van der Waals surface area (Å²) in [6.07, 6.45) is 4.19. The first-order valence-electron chi connectivity index (χ1n) is 8.13. The van der Waals surface area contributed by atoms with Gasteiger partial charge in [0.1, 0.15) is 0 Å². The first-order chi connectivity index (χ1) is 10.7. The molecule has 1 aromatic rings. The zero-order valence-corrected chi connectivity index (χ0v) is 14.1. The Balaban J connectivity index is 0.00000192. The summed E-state index contributed by atoms with van der Waals surface area (Å²) in [5.74, 6) is -0.444. The number of rotatable bonds is 5. The first kappa shape index (κ1) is 18.0. The van der Waals surface area contributed by atoms with E-state index in [4.69, 9.17) is 4.74 Å². The van der Waals surface area contributed by atoms with Gasteiger partial charge in [-0.25, -0.2) is 4.39 Å². The molecule has 2 fully saturated rings. The van der Waals surface area contributed by atoms with E-state index in [2.05, 4.69) is 10.6 Å². The largest absolute Gasteiger partial charge is 0.478 e. The summed E-state index contributed by atoms with van der Waals surface area (Å²) >= 11 is 0. The Morgan fingerprint density at radius 2 is 2.00 bits per heavy atom. The number of carbonyl (C=O) groups is 1. The average molecular weight is 343 g/mol. The van der Waals surface area contributed by atoms with E-state index in [0.717, 1.165) is 12.8 Å². The third kappa shape index (κ3) is 4.36. The van der Waals surface area contributed by atoms with E-state index in [9.17, 15) is 9.18 Å². The SMILES string of the molecule is CCC(Oc1ccccc1F)C(=O)NC1CC2CCC(C1)N2.Cl. The molecule has 4 nitrogen and oxygen atoms in total. The standard InChI is InChI=1S/C17H23FN2O2.ClH/c1-2-15(22-16-6-4-3-5-14(16)18)17(21)20-13-9-11-7-8-12(10-13)19-11;/h3-6,11-13,15,19H,2,7-10H2,1H3,(H,20,21);1H. The molecule has 3 unspecified atom stereocenters. The highest BCUT2D eigenvalue weighted by Gasteiger charge is 2.35. The summed E-state index contributed by atoms with van der Waals surface area (Å²) in [6.45, 7) is 1.87. The summed E-state index contributed by atoms with van der Waals surface area (Å²) in [5, 5.41) is 6.64. The van der Waals surface area contributed by atoms with Gasteiger partial charge in [-0.2, -0.15) is 0 Å². The van der Waals surface area contributed by atoms with Crippen LogP contribution in [0.4, 0.5) is 4.39 Å². The molecule has 3 rings (SSSR count). The third-order valence-electron chi connectivity index (χ3n) is 4.59. The van der Waals surface area contributed by atoms with Gasteiger partial charge in [0.2, 0.25) is 0 Å². The van der Waals surface area contributed by atoms with E-state index in [-0.39, 0.29) is 30.1 Å². The van der Waals surface area contributed by atoms with Crippen molar-refractivity contribution in [1.82, 2.24) is 10.6 Å². The van der Waals surface area contributed by atoms with E-state index in [1.54, 1.807) is 18.2 Å². The quantitative estimate of drug-likeness (QED) is 0.865. The van der Waals surface area contributed by atoms with Crippen molar-refractivity contribution in [2.75, 3.05) is 0 Å².